The first-order valence-corrected chi connectivity index (χ1v) is 11.1. The van der Waals surface area contributed by atoms with E-state index in [0.717, 1.165) is 0 Å². The number of carboxylic acids is 1. The van der Waals surface area contributed by atoms with Gasteiger partial charge in [0.1, 0.15) is 18.1 Å². The quantitative estimate of drug-likeness (QED) is 0.112. The molecule has 0 aromatic rings. The van der Waals surface area contributed by atoms with Crippen molar-refractivity contribution in [1.29, 1.82) is 0 Å². The second-order valence-corrected chi connectivity index (χ2v) is 8.14. The largest absolute Gasteiger partial charge is 0.480 e. The Morgan fingerprint density at radius 3 is 1.83 bits per heavy atom. The van der Waals surface area contributed by atoms with Gasteiger partial charge in [-0.15, -0.1) is 0 Å². The van der Waals surface area contributed by atoms with E-state index in [1.165, 1.54) is 0 Å². The average Bonchev–Trinajstić information content (AvgIpc) is 2.68. The molecule has 0 aliphatic carbocycles. The Bertz CT molecular complexity index is 579. The minimum atomic E-state index is -1.24. The Kier molecular flexibility index (Phi) is 14.6. The zero-order valence-corrected chi connectivity index (χ0v) is 19.3. The first kappa shape index (κ1) is 28.5. The average molecular weight is 466 g/mol. The number of thiol groups is 2. The van der Waals surface area contributed by atoms with Gasteiger partial charge >= 0.3 is 5.97 Å². The molecule has 0 aromatic carbocycles. The molecule has 0 radical (unpaired) electrons. The van der Waals surface area contributed by atoms with Crippen molar-refractivity contribution in [3.8, 4) is 0 Å². The molecule has 0 saturated heterocycles. The van der Waals surface area contributed by atoms with E-state index in [-0.39, 0.29) is 17.4 Å². The fourth-order valence-corrected chi connectivity index (χ4v) is 3.08. The van der Waals surface area contributed by atoms with Crippen LogP contribution in [0.15, 0.2) is 0 Å². The van der Waals surface area contributed by atoms with Crippen LogP contribution in [0.3, 0.4) is 0 Å². The van der Waals surface area contributed by atoms with Gasteiger partial charge in [-0.05, 0) is 38.1 Å². The summed E-state index contributed by atoms with van der Waals surface area (Å²) in [7, 11) is 0. The number of amides is 3. The van der Waals surface area contributed by atoms with Crippen LogP contribution in [0.25, 0.3) is 0 Å². The predicted octanol–water partition coefficient (Wildman–Crippen LogP) is -1.11. The molecule has 0 fully saturated rings. The second kappa shape index (κ2) is 15.3. The molecule has 0 aliphatic rings. The van der Waals surface area contributed by atoms with Gasteiger partial charge in [-0.2, -0.15) is 25.3 Å². The number of rotatable bonds is 15. The zero-order valence-electron chi connectivity index (χ0n) is 17.5. The number of carbonyl (C=O) groups excluding carboxylic acids is 3. The van der Waals surface area contributed by atoms with Crippen molar-refractivity contribution < 1.29 is 24.3 Å². The minimum Gasteiger partial charge on any atom is -0.480 e. The van der Waals surface area contributed by atoms with Gasteiger partial charge in [0, 0.05) is 11.5 Å². The van der Waals surface area contributed by atoms with Gasteiger partial charge < -0.3 is 32.5 Å². The number of nitrogens with two attached hydrogens (primary N) is 2. The molecule has 12 heteroatoms. The molecule has 10 nitrogen and oxygen atoms in total. The van der Waals surface area contributed by atoms with Crippen LogP contribution >= 0.6 is 25.3 Å². The molecule has 0 bridgehead atoms. The second-order valence-electron chi connectivity index (χ2n) is 7.41. The molecule has 174 valence electrons. The fourth-order valence-electron chi connectivity index (χ4n) is 2.58. The summed E-state index contributed by atoms with van der Waals surface area (Å²) in [4.78, 5) is 48.5. The summed E-state index contributed by atoms with van der Waals surface area (Å²) in [6, 6.07) is -3.95. The summed E-state index contributed by atoms with van der Waals surface area (Å²) in [5.74, 6) is -2.95. The molecule has 0 aliphatic heterocycles. The number of carboxylic acid groups (broad SMARTS) is 1. The smallest absolute Gasteiger partial charge is 0.327 e. The van der Waals surface area contributed by atoms with Gasteiger partial charge in [-0.1, -0.05) is 13.8 Å². The van der Waals surface area contributed by atoms with Crippen LogP contribution in [0.5, 0.6) is 0 Å². The van der Waals surface area contributed by atoms with Crippen LogP contribution in [0, 0.1) is 5.92 Å². The predicted molar refractivity (Wildman–Crippen MR) is 121 cm³/mol. The summed E-state index contributed by atoms with van der Waals surface area (Å²) >= 11 is 7.95. The van der Waals surface area contributed by atoms with E-state index in [1.807, 2.05) is 13.8 Å². The lowest BCUT2D eigenvalue weighted by atomic mass is 10.0. The van der Waals surface area contributed by atoms with Crippen LogP contribution in [0.1, 0.15) is 39.5 Å². The van der Waals surface area contributed by atoms with Gasteiger partial charge in [0.15, 0.2) is 0 Å². The van der Waals surface area contributed by atoms with Gasteiger partial charge in [0.05, 0.1) is 6.04 Å². The molecule has 8 N–H and O–H groups in total. The normalized spacial score (nSPS) is 15.0. The van der Waals surface area contributed by atoms with Crippen LogP contribution < -0.4 is 27.4 Å². The molecular weight excluding hydrogens is 430 g/mol. The Morgan fingerprint density at radius 1 is 0.867 bits per heavy atom. The summed E-state index contributed by atoms with van der Waals surface area (Å²) in [6.45, 7) is 4.31. The molecule has 0 saturated carbocycles. The van der Waals surface area contributed by atoms with E-state index < -0.39 is 47.9 Å². The Morgan fingerprint density at radius 2 is 1.37 bits per heavy atom. The van der Waals surface area contributed by atoms with Crippen LogP contribution in [-0.4, -0.2) is 71.0 Å². The topological polar surface area (TPSA) is 177 Å². The maximum atomic E-state index is 12.7. The summed E-state index contributed by atoms with van der Waals surface area (Å²) < 4.78 is 0. The highest BCUT2D eigenvalue weighted by Gasteiger charge is 2.29. The molecule has 30 heavy (non-hydrogen) atoms. The zero-order chi connectivity index (χ0) is 23.3. The van der Waals surface area contributed by atoms with Gasteiger partial charge in [-0.3, -0.25) is 14.4 Å². The highest BCUT2D eigenvalue weighted by molar-refractivity contribution is 7.80. The molecule has 0 spiro atoms. The molecule has 0 aromatic heterocycles. The fraction of sp³-hybridized carbons (Fsp3) is 0.778. The number of hydrogen-bond donors (Lipinski definition) is 8. The van der Waals surface area contributed by atoms with E-state index in [2.05, 4.69) is 41.2 Å². The van der Waals surface area contributed by atoms with Crippen molar-refractivity contribution in [3.05, 3.63) is 0 Å². The summed E-state index contributed by atoms with van der Waals surface area (Å²) in [5.41, 5.74) is 11.4. The molecule has 3 amide bonds. The lowest BCUT2D eigenvalue weighted by molar-refractivity contribution is -0.141. The van der Waals surface area contributed by atoms with Crippen molar-refractivity contribution in [1.82, 2.24) is 16.0 Å². The summed E-state index contributed by atoms with van der Waals surface area (Å²) in [5, 5.41) is 16.5. The molecular formula is C18H35N5O5S2. The van der Waals surface area contributed by atoms with Gasteiger partial charge in [0.2, 0.25) is 17.7 Å². The number of aliphatic carboxylic acids is 1. The Hall–Kier alpha value is -1.50. The molecule has 0 rings (SSSR count). The first-order valence-electron chi connectivity index (χ1n) is 9.88. The molecule has 4 atom stereocenters. The van der Waals surface area contributed by atoms with Crippen LogP contribution in [0.4, 0.5) is 0 Å². The van der Waals surface area contributed by atoms with E-state index in [1.54, 1.807) is 0 Å². The van der Waals surface area contributed by atoms with E-state index >= 15 is 0 Å². The third kappa shape index (κ3) is 11.0. The van der Waals surface area contributed by atoms with Crippen molar-refractivity contribution in [2.24, 2.45) is 17.4 Å². The maximum absolute atomic E-state index is 12.7. The highest BCUT2D eigenvalue weighted by Crippen LogP contribution is 2.06. The third-order valence-electron chi connectivity index (χ3n) is 4.25. The van der Waals surface area contributed by atoms with Crippen molar-refractivity contribution in [2.75, 3.05) is 18.1 Å². The van der Waals surface area contributed by atoms with Crippen LogP contribution in [0.2, 0.25) is 0 Å². The number of hydrogen-bond acceptors (Lipinski definition) is 8. The Labute approximate surface area is 188 Å². The number of nitrogens with one attached hydrogen (secondary N) is 3. The lowest BCUT2D eigenvalue weighted by Gasteiger charge is -2.24. The Balaban J connectivity index is 5.15. The lowest BCUT2D eigenvalue weighted by Crippen LogP contribution is -2.57. The van der Waals surface area contributed by atoms with E-state index in [9.17, 15) is 19.2 Å². The van der Waals surface area contributed by atoms with Gasteiger partial charge in [0.25, 0.3) is 0 Å². The molecule has 0 heterocycles. The highest BCUT2D eigenvalue weighted by atomic mass is 32.1. The SMILES string of the molecule is CC(C)CC(N)C(=O)NC(CCCCN)C(=O)NC(CS)C(=O)NC(CS)C(=O)O. The van der Waals surface area contributed by atoms with E-state index in [4.69, 9.17) is 16.6 Å². The van der Waals surface area contributed by atoms with Crippen molar-refractivity contribution in [3.63, 3.8) is 0 Å². The standard InChI is InChI=1S/C18H35N5O5S2/c1-10(2)7-11(20)15(24)21-12(5-3-4-6-19)16(25)22-13(8-29)17(26)23-14(9-30)18(27)28/h10-14,29-30H,3-9,19-20H2,1-2H3,(H,21,24)(H,22,25)(H,23,26)(H,27,28). The van der Waals surface area contributed by atoms with Crippen LogP contribution in [-0.2, 0) is 19.2 Å². The third-order valence-corrected chi connectivity index (χ3v) is 4.99. The van der Waals surface area contributed by atoms with Crippen molar-refractivity contribution in [2.45, 2.75) is 63.7 Å². The molecule has 4 unspecified atom stereocenters. The maximum Gasteiger partial charge on any atom is 0.327 e. The van der Waals surface area contributed by atoms with Gasteiger partial charge in [-0.25, -0.2) is 4.79 Å². The first-order chi connectivity index (χ1) is 14.1. The summed E-state index contributed by atoms with van der Waals surface area (Å²) in [6.07, 6.45) is 2.03. The monoisotopic (exact) mass is 465 g/mol. The number of carbonyl (C=O) groups is 4. The number of unbranched alkanes of at least 4 members (excludes halogenated alkanes) is 1. The van der Waals surface area contributed by atoms with Crippen molar-refractivity contribution >= 4 is 48.9 Å². The van der Waals surface area contributed by atoms with E-state index in [0.29, 0.717) is 32.2 Å². The minimum absolute atomic E-state index is 0.0627.